The van der Waals surface area contributed by atoms with Gasteiger partial charge in [-0.1, -0.05) is 11.6 Å². The van der Waals surface area contributed by atoms with E-state index in [2.05, 4.69) is 25.9 Å². The molecule has 1 aromatic carbocycles. The number of methoxy groups -OCH3 is 1. The number of aryl methyl sites for hydroxylation is 1. The van der Waals surface area contributed by atoms with Crippen molar-refractivity contribution >= 4 is 27.5 Å². The molecular formula is C12H9BrClFN2O. The highest BCUT2D eigenvalue weighted by atomic mass is 79.9. The summed E-state index contributed by atoms with van der Waals surface area (Å²) in [6, 6.07) is 2.73. The lowest BCUT2D eigenvalue weighted by Gasteiger charge is -2.09. The van der Waals surface area contributed by atoms with Gasteiger partial charge in [-0.15, -0.1) is 0 Å². The topological polar surface area (TPSA) is 35.0 Å². The third-order valence-corrected chi connectivity index (χ3v) is 3.24. The van der Waals surface area contributed by atoms with Crippen molar-refractivity contribution in [2.24, 2.45) is 0 Å². The molecule has 0 fully saturated rings. The highest BCUT2D eigenvalue weighted by molar-refractivity contribution is 9.10. The SMILES string of the molecule is COc1cc(-c2nc(C)ncc2Br)c(F)cc1Cl. The fraction of sp³-hybridized carbons (Fsp3) is 0.167. The van der Waals surface area contributed by atoms with Gasteiger partial charge >= 0.3 is 0 Å². The molecule has 0 N–H and O–H groups in total. The molecule has 0 aliphatic rings. The number of aromatic nitrogens is 2. The highest BCUT2D eigenvalue weighted by Gasteiger charge is 2.15. The molecule has 2 rings (SSSR count). The van der Waals surface area contributed by atoms with E-state index < -0.39 is 5.82 Å². The van der Waals surface area contributed by atoms with E-state index in [9.17, 15) is 4.39 Å². The average Bonchev–Trinajstić information content (AvgIpc) is 2.33. The summed E-state index contributed by atoms with van der Waals surface area (Å²) in [7, 11) is 1.48. The van der Waals surface area contributed by atoms with Crippen LogP contribution in [0.5, 0.6) is 5.75 Å². The van der Waals surface area contributed by atoms with Crippen molar-refractivity contribution in [2.45, 2.75) is 6.92 Å². The van der Waals surface area contributed by atoms with Crippen molar-refractivity contribution in [1.82, 2.24) is 9.97 Å². The van der Waals surface area contributed by atoms with Crippen LogP contribution in [0.1, 0.15) is 5.82 Å². The standard InChI is InChI=1S/C12H9BrClFN2O/c1-6-16-5-8(13)12(17-6)7-3-11(18-2)9(14)4-10(7)15/h3-5H,1-2H3. The number of benzene rings is 1. The zero-order valence-electron chi connectivity index (χ0n) is 9.67. The molecule has 18 heavy (non-hydrogen) atoms. The lowest BCUT2D eigenvalue weighted by atomic mass is 10.1. The quantitative estimate of drug-likeness (QED) is 0.834. The Bertz CT molecular complexity index is 607. The maximum absolute atomic E-state index is 13.9. The number of halogens is 3. The van der Waals surface area contributed by atoms with Gasteiger partial charge in [0.25, 0.3) is 0 Å². The molecule has 0 aliphatic heterocycles. The summed E-state index contributed by atoms with van der Waals surface area (Å²) < 4.78 is 19.6. The van der Waals surface area contributed by atoms with E-state index in [1.165, 1.54) is 19.2 Å². The van der Waals surface area contributed by atoms with Gasteiger partial charge in [0.2, 0.25) is 0 Å². The fourth-order valence-corrected chi connectivity index (χ4v) is 2.14. The largest absolute Gasteiger partial charge is 0.495 e. The highest BCUT2D eigenvalue weighted by Crippen LogP contribution is 2.34. The Hall–Kier alpha value is -1.20. The molecule has 2 aromatic rings. The Balaban J connectivity index is 2.66. The van der Waals surface area contributed by atoms with Crippen LogP contribution in [0.2, 0.25) is 5.02 Å². The van der Waals surface area contributed by atoms with Gasteiger partial charge in [0.15, 0.2) is 0 Å². The Labute approximate surface area is 117 Å². The molecule has 0 unspecified atom stereocenters. The minimum Gasteiger partial charge on any atom is -0.495 e. The van der Waals surface area contributed by atoms with Gasteiger partial charge in [0.1, 0.15) is 17.4 Å². The van der Waals surface area contributed by atoms with Crippen LogP contribution in [0.25, 0.3) is 11.3 Å². The van der Waals surface area contributed by atoms with Gasteiger partial charge in [0, 0.05) is 11.8 Å². The predicted octanol–water partition coefficient (Wildman–Crippen LogP) is 4.02. The van der Waals surface area contributed by atoms with Crippen LogP contribution in [0, 0.1) is 12.7 Å². The molecule has 1 aromatic heterocycles. The smallest absolute Gasteiger partial charge is 0.138 e. The number of nitrogens with zero attached hydrogens (tertiary/aromatic N) is 2. The van der Waals surface area contributed by atoms with E-state index in [0.29, 0.717) is 27.3 Å². The van der Waals surface area contributed by atoms with Gasteiger partial charge in [-0.05, 0) is 35.0 Å². The summed E-state index contributed by atoms with van der Waals surface area (Å²) >= 11 is 9.15. The molecule has 0 aliphatic carbocycles. The maximum atomic E-state index is 13.9. The zero-order valence-corrected chi connectivity index (χ0v) is 12.0. The lowest BCUT2D eigenvalue weighted by molar-refractivity contribution is 0.414. The van der Waals surface area contributed by atoms with Crippen molar-refractivity contribution in [1.29, 1.82) is 0 Å². The van der Waals surface area contributed by atoms with Crippen LogP contribution in [0.3, 0.4) is 0 Å². The van der Waals surface area contributed by atoms with Crippen LogP contribution in [0.15, 0.2) is 22.8 Å². The van der Waals surface area contributed by atoms with Gasteiger partial charge in [-0.25, -0.2) is 14.4 Å². The Kier molecular flexibility index (Phi) is 3.82. The summed E-state index contributed by atoms with van der Waals surface area (Å²) in [4.78, 5) is 8.23. The Morgan fingerprint density at radius 2 is 2.11 bits per heavy atom. The second kappa shape index (κ2) is 5.20. The Morgan fingerprint density at radius 3 is 2.78 bits per heavy atom. The number of hydrogen-bond donors (Lipinski definition) is 0. The first-order valence-corrected chi connectivity index (χ1v) is 6.22. The first-order valence-electron chi connectivity index (χ1n) is 5.05. The molecule has 1 heterocycles. The van der Waals surface area contributed by atoms with Crippen molar-refractivity contribution in [3.05, 3.63) is 39.5 Å². The van der Waals surface area contributed by atoms with Crippen molar-refractivity contribution < 1.29 is 9.13 Å². The van der Waals surface area contributed by atoms with E-state index >= 15 is 0 Å². The summed E-state index contributed by atoms with van der Waals surface area (Å²) in [5, 5.41) is 0.223. The number of ether oxygens (including phenoxy) is 1. The molecule has 0 amide bonds. The summed E-state index contributed by atoms with van der Waals surface area (Å²) in [6.07, 6.45) is 1.58. The monoisotopic (exact) mass is 330 g/mol. The summed E-state index contributed by atoms with van der Waals surface area (Å²) in [5.41, 5.74) is 0.781. The summed E-state index contributed by atoms with van der Waals surface area (Å²) in [6.45, 7) is 1.74. The lowest BCUT2D eigenvalue weighted by Crippen LogP contribution is -1.96. The molecular weight excluding hydrogens is 322 g/mol. The molecule has 0 atom stereocenters. The minimum absolute atomic E-state index is 0.223. The maximum Gasteiger partial charge on any atom is 0.138 e. The molecule has 6 heteroatoms. The second-order valence-corrected chi connectivity index (χ2v) is 4.84. The number of rotatable bonds is 2. The van der Waals surface area contributed by atoms with Crippen LogP contribution in [-0.4, -0.2) is 17.1 Å². The zero-order chi connectivity index (χ0) is 13.3. The molecule has 0 saturated heterocycles. The first-order chi connectivity index (χ1) is 8.52. The average molecular weight is 332 g/mol. The van der Waals surface area contributed by atoms with Crippen LogP contribution in [-0.2, 0) is 0 Å². The van der Waals surface area contributed by atoms with E-state index in [1.54, 1.807) is 13.1 Å². The minimum atomic E-state index is -0.459. The number of hydrogen-bond acceptors (Lipinski definition) is 3. The van der Waals surface area contributed by atoms with Gasteiger partial charge in [0.05, 0.1) is 22.3 Å². The van der Waals surface area contributed by atoms with Gasteiger partial charge in [-0.2, -0.15) is 0 Å². The molecule has 0 radical (unpaired) electrons. The predicted molar refractivity (Wildman–Crippen MR) is 71.4 cm³/mol. The normalized spacial score (nSPS) is 10.5. The molecule has 0 saturated carbocycles. The van der Waals surface area contributed by atoms with Crippen LogP contribution in [0.4, 0.5) is 4.39 Å². The third-order valence-electron chi connectivity index (χ3n) is 2.36. The second-order valence-electron chi connectivity index (χ2n) is 3.58. The summed E-state index contributed by atoms with van der Waals surface area (Å²) in [5.74, 6) is 0.498. The molecule has 0 bridgehead atoms. The third kappa shape index (κ3) is 2.47. The van der Waals surface area contributed by atoms with E-state index in [-0.39, 0.29) is 5.02 Å². The van der Waals surface area contributed by atoms with E-state index in [1.807, 2.05) is 0 Å². The van der Waals surface area contributed by atoms with Crippen molar-refractivity contribution in [3.8, 4) is 17.0 Å². The van der Waals surface area contributed by atoms with Crippen LogP contribution >= 0.6 is 27.5 Å². The Morgan fingerprint density at radius 1 is 1.39 bits per heavy atom. The van der Waals surface area contributed by atoms with Crippen molar-refractivity contribution in [2.75, 3.05) is 7.11 Å². The van der Waals surface area contributed by atoms with E-state index in [0.717, 1.165) is 0 Å². The van der Waals surface area contributed by atoms with Gasteiger partial charge < -0.3 is 4.74 Å². The van der Waals surface area contributed by atoms with E-state index in [4.69, 9.17) is 16.3 Å². The van der Waals surface area contributed by atoms with Gasteiger partial charge in [-0.3, -0.25) is 0 Å². The fourth-order valence-electron chi connectivity index (χ4n) is 1.51. The molecule has 3 nitrogen and oxygen atoms in total. The van der Waals surface area contributed by atoms with Crippen LogP contribution < -0.4 is 4.74 Å². The first kappa shape index (κ1) is 13.2. The molecule has 0 spiro atoms. The van der Waals surface area contributed by atoms with Crippen molar-refractivity contribution in [3.63, 3.8) is 0 Å². The molecule has 94 valence electrons.